The molecular weight excluding hydrogens is 308 g/mol. The Morgan fingerprint density at radius 3 is 2.52 bits per heavy atom. The molecule has 2 aromatic carbocycles. The van der Waals surface area contributed by atoms with Gasteiger partial charge in [0.2, 0.25) is 0 Å². The molecule has 0 atom stereocenters. The van der Waals surface area contributed by atoms with Crippen molar-refractivity contribution in [1.29, 1.82) is 0 Å². The number of nitrogens with one attached hydrogen (secondary N) is 1. The van der Waals surface area contributed by atoms with Gasteiger partial charge in [-0.05, 0) is 43.0 Å². The van der Waals surface area contributed by atoms with Crippen molar-refractivity contribution in [3.8, 4) is 0 Å². The number of hydrogen-bond donors (Lipinski definition) is 2. The van der Waals surface area contributed by atoms with Crippen LogP contribution in [0.4, 0.5) is 5.69 Å². The largest absolute Gasteiger partial charge is 0.396 e. The van der Waals surface area contributed by atoms with Crippen molar-refractivity contribution in [2.24, 2.45) is 0 Å². The molecule has 3 rings (SSSR count). The molecule has 1 aromatic heterocycles. The average molecular weight is 334 g/mol. The van der Waals surface area contributed by atoms with Gasteiger partial charge in [0.25, 0.3) is 0 Å². The minimum atomic E-state index is 0.302. The molecule has 0 fully saturated rings. The van der Waals surface area contributed by atoms with Gasteiger partial charge >= 0.3 is 0 Å². The third-order valence-electron chi connectivity index (χ3n) is 4.49. The van der Waals surface area contributed by atoms with E-state index in [-0.39, 0.29) is 0 Å². The second-order valence-electron chi connectivity index (χ2n) is 6.39. The van der Waals surface area contributed by atoms with E-state index >= 15 is 0 Å². The van der Waals surface area contributed by atoms with Crippen LogP contribution in [0.25, 0.3) is 10.9 Å². The van der Waals surface area contributed by atoms with Gasteiger partial charge < -0.3 is 10.4 Å². The van der Waals surface area contributed by atoms with Crippen molar-refractivity contribution in [3.63, 3.8) is 0 Å². The lowest BCUT2D eigenvalue weighted by molar-refractivity contribution is 0.282. The summed E-state index contributed by atoms with van der Waals surface area (Å²) in [5, 5.41) is 13.6. The monoisotopic (exact) mass is 334 g/mol. The number of aliphatic hydroxyl groups is 1. The van der Waals surface area contributed by atoms with Crippen LogP contribution in [0.1, 0.15) is 36.9 Å². The van der Waals surface area contributed by atoms with E-state index in [1.54, 1.807) is 0 Å². The highest BCUT2D eigenvalue weighted by Gasteiger charge is 2.03. The fraction of sp³-hybridized carbons (Fsp3) is 0.318. The first kappa shape index (κ1) is 17.4. The summed E-state index contributed by atoms with van der Waals surface area (Å²) in [6, 6.07) is 20.9. The van der Waals surface area contributed by atoms with Gasteiger partial charge in [0, 0.05) is 17.7 Å². The minimum absolute atomic E-state index is 0.302. The number of para-hydroxylation sites is 2. The Hall–Kier alpha value is -2.39. The molecule has 130 valence electrons. The highest BCUT2D eigenvalue weighted by Crippen LogP contribution is 2.19. The van der Waals surface area contributed by atoms with Gasteiger partial charge in [-0.3, -0.25) is 4.98 Å². The summed E-state index contributed by atoms with van der Waals surface area (Å²) in [5.41, 5.74) is 4.64. The van der Waals surface area contributed by atoms with Crippen molar-refractivity contribution in [2.75, 3.05) is 11.9 Å². The number of anilines is 1. The zero-order chi connectivity index (χ0) is 17.3. The van der Waals surface area contributed by atoms with E-state index in [4.69, 9.17) is 10.1 Å². The Morgan fingerprint density at radius 2 is 1.60 bits per heavy atom. The summed E-state index contributed by atoms with van der Waals surface area (Å²) >= 11 is 0. The van der Waals surface area contributed by atoms with E-state index in [1.165, 1.54) is 23.1 Å². The molecule has 0 bridgehead atoms. The number of fused-ring (bicyclic) bond motifs is 1. The molecule has 25 heavy (non-hydrogen) atoms. The molecule has 0 aliphatic carbocycles. The Morgan fingerprint density at radius 1 is 0.800 bits per heavy atom. The fourth-order valence-corrected chi connectivity index (χ4v) is 3.08. The van der Waals surface area contributed by atoms with Crippen LogP contribution in [0.3, 0.4) is 0 Å². The maximum atomic E-state index is 8.86. The third kappa shape index (κ3) is 5.04. The van der Waals surface area contributed by atoms with Crippen LogP contribution in [-0.2, 0) is 13.0 Å². The van der Waals surface area contributed by atoms with Gasteiger partial charge in [-0.1, -0.05) is 55.3 Å². The van der Waals surface area contributed by atoms with Crippen molar-refractivity contribution >= 4 is 16.6 Å². The van der Waals surface area contributed by atoms with E-state index in [9.17, 15) is 0 Å². The van der Waals surface area contributed by atoms with E-state index in [0.29, 0.717) is 6.61 Å². The number of aliphatic hydroxyl groups excluding tert-OH is 1. The number of rotatable bonds is 9. The third-order valence-corrected chi connectivity index (χ3v) is 4.49. The summed E-state index contributed by atoms with van der Waals surface area (Å²) in [6.45, 7) is 1.03. The maximum Gasteiger partial charge on any atom is 0.0706 e. The highest BCUT2D eigenvalue weighted by molar-refractivity contribution is 5.78. The molecule has 0 unspecified atom stereocenters. The molecule has 1 heterocycles. The zero-order valence-corrected chi connectivity index (χ0v) is 14.6. The smallest absolute Gasteiger partial charge is 0.0706 e. The number of nitrogens with zero attached hydrogens (tertiary/aromatic N) is 1. The Balaban J connectivity index is 1.60. The first-order valence-electron chi connectivity index (χ1n) is 9.14. The number of aryl methyl sites for hydroxylation is 1. The number of hydrogen-bond acceptors (Lipinski definition) is 3. The van der Waals surface area contributed by atoms with Gasteiger partial charge in [0.15, 0.2) is 0 Å². The van der Waals surface area contributed by atoms with Crippen molar-refractivity contribution in [3.05, 3.63) is 71.9 Å². The minimum Gasteiger partial charge on any atom is -0.396 e. The predicted octanol–water partition coefficient (Wildman–Crippen LogP) is 4.94. The molecule has 0 aliphatic rings. The summed E-state index contributed by atoms with van der Waals surface area (Å²) in [6.07, 6.45) is 5.41. The molecule has 3 aromatic rings. The summed E-state index contributed by atoms with van der Waals surface area (Å²) in [5.74, 6) is 0. The van der Waals surface area contributed by atoms with Crippen LogP contribution in [-0.4, -0.2) is 16.7 Å². The number of benzene rings is 2. The van der Waals surface area contributed by atoms with Crippen molar-refractivity contribution in [1.82, 2.24) is 4.98 Å². The summed E-state index contributed by atoms with van der Waals surface area (Å²) in [7, 11) is 0. The first-order chi connectivity index (χ1) is 12.4. The average Bonchev–Trinajstić information content (AvgIpc) is 2.67. The molecule has 3 nitrogen and oxygen atoms in total. The molecule has 0 radical (unpaired) electrons. The molecule has 0 amide bonds. The Kier molecular flexibility index (Phi) is 6.41. The Labute approximate surface area is 149 Å². The van der Waals surface area contributed by atoms with Crippen LogP contribution >= 0.6 is 0 Å². The van der Waals surface area contributed by atoms with Crippen LogP contribution in [0.5, 0.6) is 0 Å². The molecule has 0 saturated heterocycles. The standard InChI is InChI=1S/C22H26N2O/c25-16-8-2-1-3-9-18-10-4-6-12-21(18)23-17-20-15-14-19-11-5-7-13-22(19)24-20/h4-7,10-15,23,25H,1-3,8-9,16-17H2. The Bertz CT molecular complexity index is 801. The second-order valence-corrected chi connectivity index (χ2v) is 6.39. The SMILES string of the molecule is OCCCCCCc1ccccc1NCc1ccc2ccccc2n1. The number of unbranched alkanes of at least 4 members (excludes halogenated alkanes) is 3. The summed E-state index contributed by atoms with van der Waals surface area (Å²) in [4.78, 5) is 4.73. The van der Waals surface area contributed by atoms with Gasteiger partial charge in [-0.2, -0.15) is 0 Å². The van der Waals surface area contributed by atoms with Crippen LogP contribution < -0.4 is 5.32 Å². The van der Waals surface area contributed by atoms with E-state index < -0.39 is 0 Å². The predicted molar refractivity (Wildman–Crippen MR) is 105 cm³/mol. The van der Waals surface area contributed by atoms with Gasteiger partial charge in [0.05, 0.1) is 17.8 Å². The quantitative estimate of drug-likeness (QED) is 0.545. The molecule has 3 heteroatoms. The molecule has 2 N–H and O–H groups in total. The topological polar surface area (TPSA) is 45.1 Å². The van der Waals surface area contributed by atoms with Crippen LogP contribution in [0, 0.1) is 0 Å². The molecule has 0 spiro atoms. The fourth-order valence-electron chi connectivity index (χ4n) is 3.08. The lowest BCUT2D eigenvalue weighted by atomic mass is 10.0. The number of pyridine rings is 1. The number of aromatic nitrogens is 1. The second kappa shape index (κ2) is 9.19. The van der Waals surface area contributed by atoms with Crippen LogP contribution in [0.15, 0.2) is 60.7 Å². The summed E-state index contributed by atoms with van der Waals surface area (Å²) < 4.78 is 0. The van der Waals surface area contributed by atoms with Gasteiger partial charge in [-0.25, -0.2) is 0 Å². The highest BCUT2D eigenvalue weighted by atomic mass is 16.2. The maximum absolute atomic E-state index is 8.86. The molecule has 0 aliphatic heterocycles. The van der Waals surface area contributed by atoms with E-state index in [1.807, 2.05) is 12.1 Å². The van der Waals surface area contributed by atoms with Gasteiger partial charge in [0.1, 0.15) is 0 Å². The zero-order valence-electron chi connectivity index (χ0n) is 14.6. The van der Waals surface area contributed by atoms with E-state index in [2.05, 4.69) is 53.8 Å². The molecule has 0 saturated carbocycles. The molecular formula is C22H26N2O. The van der Waals surface area contributed by atoms with Gasteiger partial charge in [-0.15, -0.1) is 0 Å². The lowest BCUT2D eigenvalue weighted by Crippen LogP contribution is -2.04. The normalized spacial score (nSPS) is 10.9. The first-order valence-corrected chi connectivity index (χ1v) is 9.14. The van der Waals surface area contributed by atoms with Crippen molar-refractivity contribution in [2.45, 2.75) is 38.6 Å². The van der Waals surface area contributed by atoms with Crippen molar-refractivity contribution < 1.29 is 5.11 Å². The van der Waals surface area contributed by atoms with E-state index in [0.717, 1.165) is 43.4 Å². The van der Waals surface area contributed by atoms with Crippen LogP contribution in [0.2, 0.25) is 0 Å². The lowest BCUT2D eigenvalue weighted by Gasteiger charge is -2.12.